The zero-order valence-corrected chi connectivity index (χ0v) is 11.2. The first kappa shape index (κ1) is 12.7. The van der Waals surface area contributed by atoms with Gasteiger partial charge >= 0.3 is 0 Å². The van der Waals surface area contributed by atoms with Gasteiger partial charge in [-0.3, -0.25) is 0 Å². The molecular weight excluding hydrogens is 259 g/mol. The molecule has 0 N–H and O–H groups in total. The lowest BCUT2D eigenvalue weighted by Crippen LogP contribution is -2.47. The lowest BCUT2D eigenvalue weighted by molar-refractivity contribution is 0.601. The number of rotatable bonds is 2. The number of aryl methyl sites for hydroxylation is 1. The van der Waals surface area contributed by atoms with E-state index in [2.05, 4.69) is 24.8 Å². The minimum absolute atomic E-state index is 0.413. The molecule has 2 aromatic heterocycles. The highest BCUT2D eigenvalue weighted by Gasteiger charge is 2.19. The van der Waals surface area contributed by atoms with Crippen LogP contribution in [0.2, 0.25) is 0 Å². The summed E-state index contributed by atoms with van der Waals surface area (Å²) in [5.74, 6) is 1.87. The van der Waals surface area contributed by atoms with Crippen LogP contribution in [0.25, 0.3) is 0 Å². The Morgan fingerprint density at radius 1 is 1.00 bits per heavy atom. The Labute approximate surface area is 116 Å². The molecule has 2 aromatic rings. The number of hydrogen-bond acceptors (Lipinski definition) is 6. The van der Waals surface area contributed by atoms with Crippen LogP contribution in [0.5, 0.6) is 0 Å². The highest BCUT2D eigenvalue weighted by molar-refractivity contribution is 5.41. The average Bonchev–Trinajstić information content (AvgIpc) is 2.48. The highest BCUT2D eigenvalue weighted by Crippen LogP contribution is 2.15. The first-order valence-corrected chi connectivity index (χ1v) is 6.49. The summed E-state index contributed by atoms with van der Waals surface area (Å²) in [6.07, 6.45) is 4.16. The normalized spacial score (nSPS) is 15.5. The predicted molar refractivity (Wildman–Crippen MR) is 73.2 cm³/mol. The molecule has 1 saturated heterocycles. The van der Waals surface area contributed by atoms with E-state index >= 15 is 0 Å². The topological polar surface area (TPSA) is 58.0 Å². The van der Waals surface area contributed by atoms with Gasteiger partial charge in [0.2, 0.25) is 5.95 Å². The molecule has 0 bridgehead atoms. The maximum Gasteiger partial charge on any atom is 0.225 e. The molecule has 6 nitrogen and oxygen atoms in total. The summed E-state index contributed by atoms with van der Waals surface area (Å²) in [7, 11) is 0. The Balaban J connectivity index is 1.66. The lowest BCUT2D eigenvalue weighted by atomic mass is 10.3. The van der Waals surface area contributed by atoms with Crippen LogP contribution in [0.4, 0.5) is 16.2 Å². The van der Waals surface area contributed by atoms with E-state index in [0.717, 1.165) is 37.8 Å². The van der Waals surface area contributed by atoms with E-state index in [1.807, 2.05) is 17.9 Å². The van der Waals surface area contributed by atoms with Crippen LogP contribution in [0, 0.1) is 12.7 Å². The first-order valence-electron chi connectivity index (χ1n) is 6.49. The summed E-state index contributed by atoms with van der Waals surface area (Å²) < 4.78 is 12.8. The highest BCUT2D eigenvalue weighted by atomic mass is 19.1. The van der Waals surface area contributed by atoms with E-state index in [-0.39, 0.29) is 0 Å². The van der Waals surface area contributed by atoms with E-state index in [0.29, 0.717) is 5.95 Å². The molecule has 0 radical (unpaired) electrons. The van der Waals surface area contributed by atoms with Gasteiger partial charge in [0, 0.05) is 32.4 Å². The summed E-state index contributed by atoms with van der Waals surface area (Å²) in [5, 5.41) is 0. The van der Waals surface area contributed by atoms with E-state index in [9.17, 15) is 4.39 Å². The molecule has 0 spiro atoms. The fraction of sp³-hybridized carbons (Fsp3) is 0.385. The zero-order valence-electron chi connectivity index (χ0n) is 11.2. The zero-order chi connectivity index (χ0) is 13.9. The summed E-state index contributed by atoms with van der Waals surface area (Å²) >= 11 is 0. The largest absolute Gasteiger partial charge is 0.353 e. The molecule has 104 valence electrons. The van der Waals surface area contributed by atoms with Crippen LogP contribution in [-0.2, 0) is 0 Å². The number of piperazine rings is 1. The maximum atomic E-state index is 12.8. The van der Waals surface area contributed by atoms with Crippen molar-refractivity contribution in [1.82, 2.24) is 19.9 Å². The molecule has 1 aliphatic rings. The maximum absolute atomic E-state index is 12.8. The molecule has 1 aliphatic heterocycles. The Morgan fingerprint density at radius 3 is 2.30 bits per heavy atom. The molecule has 0 unspecified atom stereocenters. The minimum Gasteiger partial charge on any atom is -0.353 e. The van der Waals surface area contributed by atoms with Crippen molar-refractivity contribution in [2.24, 2.45) is 0 Å². The molecular formula is C13H15FN6. The molecule has 3 heterocycles. The van der Waals surface area contributed by atoms with Gasteiger partial charge in [0.05, 0.1) is 12.4 Å². The molecule has 1 fully saturated rings. The Hall–Kier alpha value is -2.31. The number of halogens is 1. The molecule has 0 aromatic carbocycles. The smallest absolute Gasteiger partial charge is 0.225 e. The molecule has 0 aliphatic carbocycles. The van der Waals surface area contributed by atoms with Gasteiger partial charge in [-0.2, -0.15) is 0 Å². The molecule has 3 rings (SSSR count). The molecule has 7 heteroatoms. The average molecular weight is 274 g/mol. The Bertz CT molecular complexity index is 580. The third-order valence-corrected chi connectivity index (χ3v) is 3.25. The number of anilines is 2. The lowest BCUT2D eigenvalue weighted by Gasteiger charge is -2.35. The fourth-order valence-electron chi connectivity index (χ4n) is 2.22. The van der Waals surface area contributed by atoms with E-state index in [4.69, 9.17) is 0 Å². The minimum atomic E-state index is -0.413. The van der Waals surface area contributed by atoms with Gasteiger partial charge in [0.1, 0.15) is 11.6 Å². The fourth-order valence-corrected chi connectivity index (χ4v) is 2.22. The monoisotopic (exact) mass is 274 g/mol. The van der Waals surface area contributed by atoms with Crippen LogP contribution in [0.1, 0.15) is 5.82 Å². The quantitative estimate of drug-likeness (QED) is 0.815. The van der Waals surface area contributed by atoms with Crippen molar-refractivity contribution in [2.75, 3.05) is 36.0 Å². The van der Waals surface area contributed by atoms with Crippen molar-refractivity contribution in [1.29, 1.82) is 0 Å². The van der Waals surface area contributed by atoms with E-state index in [1.54, 1.807) is 6.20 Å². The molecule has 0 saturated carbocycles. The van der Waals surface area contributed by atoms with Crippen molar-refractivity contribution in [3.05, 3.63) is 36.3 Å². The van der Waals surface area contributed by atoms with Crippen LogP contribution >= 0.6 is 0 Å². The third-order valence-electron chi connectivity index (χ3n) is 3.25. The van der Waals surface area contributed by atoms with Crippen molar-refractivity contribution < 1.29 is 4.39 Å². The second-order valence-electron chi connectivity index (χ2n) is 4.64. The van der Waals surface area contributed by atoms with Crippen LogP contribution in [0.3, 0.4) is 0 Å². The van der Waals surface area contributed by atoms with Crippen molar-refractivity contribution in [2.45, 2.75) is 6.92 Å². The van der Waals surface area contributed by atoms with Gasteiger partial charge in [0.25, 0.3) is 0 Å². The summed E-state index contributed by atoms with van der Waals surface area (Å²) in [5.41, 5.74) is 0. The van der Waals surface area contributed by atoms with Crippen molar-refractivity contribution in [3.8, 4) is 0 Å². The van der Waals surface area contributed by atoms with Crippen molar-refractivity contribution in [3.63, 3.8) is 0 Å². The van der Waals surface area contributed by atoms with E-state index < -0.39 is 5.82 Å². The molecule has 0 amide bonds. The second kappa shape index (κ2) is 5.36. The third kappa shape index (κ3) is 2.66. The van der Waals surface area contributed by atoms with E-state index in [1.165, 1.54) is 12.4 Å². The van der Waals surface area contributed by atoms with Crippen LogP contribution in [0.15, 0.2) is 24.7 Å². The number of hydrogen-bond donors (Lipinski definition) is 0. The first-order chi connectivity index (χ1) is 9.72. The SMILES string of the molecule is Cc1nccc(N2CCN(c3ncc(F)cn3)CC2)n1. The van der Waals surface area contributed by atoms with Gasteiger partial charge in [-0.25, -0.2) is 24.3 Å². The second-order valence-corrected chi connectivity index (χ2v) is 4.64. The number of nitrogens with zero attached hydrogens (tertiary/aromatic N) is 6. The summed E-state index contributed by atoms with van der Waals surface area (Å²) in [4.78, 5) is 20.8. The summed E-state index contributed by atoms with van der Waals surface area (Å²) in [6, 6.07) is 1.91. The van der Waals surface area contributed by atoms with Crippen molar-refractivity contribution >= 4 is 11.8 Å². The molecule has 0 atom stereocenters. The van der Waals surface area contributed by atoms with Gasteiger partial charge < -0.3 is 9.80 Å². The Kier molecular flexibility index (Phi) is 3.41. The standard InChI is InChI=1S/C13H15FN6/c1-10-15-3-2-12(18-10)19-4-6-20(7-5-19)13-16-8-11(14)9-17-13/h2-3,8-9H,4-7H2,1H3. The van der Waals surface area contributed by atoms with Gasteiger partial charge in [-0.15, -0.1) is 0 Å². The van der Waals surface area contributed by atoms with Gasteiger partial charge in [0.15, 0.2) is 5.82 Å². The van der Waals surface area contributed by atoms with Crippen LogP contribution < -0.4 is 9.80 Å². The van der Waals surface area contributed by atoms with Gasteiger partial charge in [-0.05, 0) is 13.0 Å². The van der Waals surface area contributed by atoms with Gasteiger partial charge in [-0.1, -0.05) is 0 Å². The Morgan fingerprint density at radius 2 is 1.65 bits per heavy atom. The molecule has 20 heavy (non-hydrogen) atoms. The summed E-state index contributed by atoms with van der Waals surface area (Å²) in [6.45, 7) is 5.11. The van der Waals surface area contributed by atoms with Crippen LogP contribution in [-0.4, -0.2) is 46.1 Å². The number of aromatic nitrogens is 4. The predicted octanol–water partition coefficient (Wildman–Crippen LogP) is 1.04.